The molecule has 0 saturated carbocycles. The summed E-state index contributed by atoms with van der Waals surface area (Å²) >= 11 is 1.11. The average Bonchev–Trinajstić information content (AvgIpc) is 3.28. The maximum absolute atomic E-state index is 12.3. The lowest BCUT2D eigenvalue weighted by Gasteiger charge is -2.26. The van der Waals surface area contributed by atoms with Crippen LogP contribution in [0.5, 0.6) is 11.5 Å². The Hall–Kier alpha value is -4.39. The molecule has 12 nitrogen and oxygen atoms in total. The molecule has 2 heterocycles. The highest BCUT2D eigenvalue weighted by molar-refractivity contribution is 7.99. The molecule has 0 aliphatic carbocycles. The van der Waals surface area contributed by atoms with Gasteiger partial charge in [0, 0.05) is 24.2 Å². The van der Waals surface area contributed by atoms with Crippen LogP contribution in [0.3, 0.4) is 0 Å². The van der Waals surface area contributed by atoms with Gasteiger partial charge in [-0.3, -0.25) is 35.1 Å². The molecule has 2 amide bonds. The first kappa shape index (κ1) is 23.8. The second-order valence-electron chi connectivity index (χ2n) is 7.20. The number of rotatable bonds is 8. The molecule has 0 bridgehead atoms. The SMILES string of the molecule is C=CCn1c(SCC(=O)NNC(=O)c2cccc([N+](=O)[O-])c2)nnc1C1COc2ccccc2O1. The summed E-state index contributed by atoms with van der Waals surface area (Å²) in [5.41, 5.74) is 4.33. The number of carbonyl (C=O) groups is 2. The second-order valence-corrected chi connectivity index (χ2v) is 8.15. The van der Waals surface area contributed by atoms with E-state index in [2.05, 4.69) is 27.6 Å². The van der Waals surface area contributed by atoms with Crippen LogP contribution in [0.1, 0.15) is 22.3 Å². The minimum Gasteiger partial charge on any atom is -0.485 e. The van der Waals surface area contributed by atoms with Gasteiger partial charge in [0.25, 0.3) is 11.6 Å². The number of para-hydroxylation sites is 2. The Morgan fingerprint density at radius 3 is 2.77 bits per heavy atom. The molecule has 4 rings (SSSR count). The minimum absolute atomic E-state index is 0.0406. The highest BCUT2D eigenvalue weighted by Crippen LogP contribution is 2.36. The van der Waals surface area contributed by atoms with Crippen LogP contribution in [-0.4, -0.2) is 43.9 Å². The first-order valence-electron chi connectivity index (χ1n) is 10.3. The lowest BCUT2D eigenvalue weighted by Crippen LogP contribution is -2.42. The second kappa shape index (κ2) is 10.7. The number of thioether (sulfide) groups is 1. The van der Waals surface area contributed by atoms with Crippen LogP contribution in [0, 0.1) is 10.1 Å². The fraction of sp³-hybridized carbons (Fsp3) is 0.182. The summed E-state index contributed by atoms with van der Waals surface area (Å²) in [5, 5.41) is 19.7. The van der Waals surface area contributed by atoms with Gasteiger partial charge in [-0.05, 0) is 18.2 Å². The molecular weight excluding hydrogens is 476 g/mol. The highest BCUT2D eigenvalue weighted by Gasteiger charge is 2.28. The molecule has 2 aromatic carbocycles. The van der Waals surface area contributed by atoms with E-state index in [-0.39, 0.29) is 23.6 Å². The van der Waals surface area contributed by atoms with Gasteiger partial charge in [0.1, 0.15) is 6.61 Å². The van der Waals surface area contributed by atoms with E-state index < -0.39 is 22.8 Å². The Bertz CT molecular complexity index is 1280. The van der Waals surface area contributed by atoms with E-state index in [0.717, 1.165) is 17.8 Å². The third-order valence-electron chi connectivity index (χ3n) is 4.82. The third kappa shape index (κ3) is 5.58. The third-order valence-corrected chi connectivity index (χ3v) is 5.79. The van der Waals surface area contributed by atoms with Gasteiger partial charge >= 0.3 is 0 Å². The number of hydrogen-bond donors (Lipinski definition) is 2. The molecule has 13 heteroatoms. The Morgan fingerprint density at radius 2 is 2.00 bits per heavy atom. The van der Waals surface area contributed by atoms with Crippen molar-refractivity contribution in [2.24, 2.45) is 0 Å². The van der Waals surface area contributed by atoms with E-state index in [1.54, 1.807) is 16.7 Å². The number of carbonyl (C=O) groups excluding carboxylic acids is 2. The smallest absolute Gasteiger partial charge is 0.270 e. The molecule has 3 aromatic rings. The molecule has 1 aliphatic heterocycles. The summed E-state index contributed by atoms with van der Waals surface area (Å²) in [6.45, 7) is 4.40. The Morgan fingerprint density at radius 1 is 1.20 bits per heavy atom. The molecule has 180 valence electrons. The van der Waals surface area contributed by atoms with Crippen molar-refractivity contribution in [3.05, 3.63) is 82.7 Å². The molecular formula is C22H20N6O6S. The van der Waals surface area contributed by atoms with Crippen LogP contribution >= 0.6 is 11.8 Å². The molecule has 1 aromatic heterocycles. The number of nitrogens with zero attached hydrogens (tertiary/aromatic N) is 4. The van der Waals surface area contributed by atoms with Crippen molar-refractivity contribution in [1.82, 2.24) is 25.6 Å². The number of non-ortho nitro benzene ring substituents is 1. The number of hydrogen-bond acceptors (Lipinski definition) is 9. The number of ether oxygens (including phenoxy) is 2. The first-order valence-corrected chi connectivity index (χ1v) is 11.3. The molecule has 2 N–H and O–H groups in total. The monoisotopic (exact) mass is 496 g/mol. The van der Waals surface area contributed by atoms with E-state index >= 15 is 0 Å². The van der Waals surface area contributed by atoms with Crippen molar-refractivity contribution in [3.8, 4) is 11.5 Å². The van der Waals surface area contributed by atoms with Crippen LogP contribution in [-0.2, 0) is 11.3 Å². The van der Waals surface area contributed by atoms with Crippen molar-refractivity contribution in [1.29, 1.82) is 0 Å². The van der Waals surface area contributed by atoms with E-state index in [1.807, 2.05) is 18.2 Å². The molecule has 1 unspecified atom stereocenters. The van der Waals surface area contributed by atoms with Gasteiger partial charge in [-0.1, -0.05) is 36.0 Å². The van der Waals surface area contributed by atoms with Crippen molar-refractivity contribution < 1.29 is 24.0 Å². The standard InChI is InChI=1S/C22H20N6O6S/c1-2-10-27-20(18-12-33-16-8-3-4-9-17(16)34-18)24-26-22(27)35-13-19(29)23-25-21(30)14-6-5-7-15(11-14)28(31)32/h2-9,11,18H,1,10,12-13H2,(H,23,29)(H,25,30). The van der Waals surface area contributed by atoms with Gasteiger partial charge in [-0.25, -0.2) is 0 Å². The van der Waals surface area contributed by atoms with Crippen molar-refractivity contribution in [3.63, 3.8) is 0 Å². The quantitative estimate of drug-likeness (QED) is 0.207. The van der Waals surface area contributed by atoms with Gasteiger partial charge in [0.2, 0.25) is 5.91 Å². The molecule has 35 heavy (non-hydrogen) atoms. The number of hydrazine groups is 1. The summed E-state index contributed by atoms with van der Waals surface area (Å²) in [4.78, 5) is 34.7. The molecule has 0 saturated heterocycles. The molecule has 0 spiro atoms. The summed E-state index contributed by atoms with van der Waals surface area (Å²) in [6, 6.07) is 12.5. The Balaban J connectivity index is 1.35. The zero-order valence-electron chi connectivity index (χ0n) is 18.2. The summed E-state index contributed by atoms with van der Waals surface area (Å²) in [6.07, 6.45) is 1.18. The van der Waals surface area contributed by atoms with Crippen LogP contribution < -0.4 is 20.3 Å². The summed E-state index contributed by atoms with van der Waals surface area (Å²) in [7, 11) is 0. The van der Waals surface area contributed by atoms with Gasteiger partial charge in [0.15, 0.2) is 28.6 Å². The Kier molecular flexibility index (Phi) is 7.26. The van der Waals surface area contributed by atoms with Crippen LogP contribution in [0.4, 0.5) is 5.69 Å². The van der Waals surface area contributed by atoms with Gasteiger partial charge in [-0.15, -0.1) is 16.8 Å². The molecule has 1 atom stereocenters. The van der Waals surface area contributed by atoms with Gasteiger partial charge in [0.05, 0.1) is 10.7 Å². The number of amides is 2. The molecule has 0 radical (unpaired) electrons. The van der Waals surface area contributed by atoms with Crippen molar-refractivity contribution in [2.75, 3.05) is 12.4 Å². The predicted molar refractivity (Wildman–Crippen MR) is 125 cm³/mol. The summed E-state index contributed by atoms with van der Waals surface area (Å²) in [5.74, 6) is 0.520. The maximum Gasteiger partial charge on any atom is 0.270 e. The van der Waals surface area contributed by atoms with Gasteiger partial charge in [-0.2, -0.15) is 0 Å². The number of nitrogens with one attached hydrogen (secondary N) is 2. The van der Waals surface area contributed by atoms with Crippen molar-refractivity contribution in [2.45, 2.75) is 17.8 Å². The van der Waals surface area contributed by atoms with E-state index in [0.29, 0.717) is 29.0 Å². The van der Waals surface area contributed by atoms with Crippen LogP contribution in [0.15, 0.2) is 66.3 Å². The first-order chi connectivity index (χ1) is 17.0. The zero-order valence-corrected chi connectivity index (χ0v) is 19.1. The molecule has 1 aliphatic rings. The largest absolute Gasteiger partial charge is 0.485 e. The topological polar surface area (TPSA) is 151 Å². The lowest BCUT2D eigenvalue weighted by atomic mass is 10.2. The fourth-order valence-corrected chi connectivity index (χ4v) is 3.97. The number of nitro groups is 1. The minimum atomic E-state index is -0.682. The van der Waals surface area contributed by atoms with E-state index in [1.165, 1.54) is 18.2 Å². The number of benzene rings is 2. The van der Waals surface area contributed by atoms with Gasteiger partial charge < -0.3 is 9.47 Å². The highest BCUT2D eigenvalue weighted by atomic mass is 32.2. The van der Waals surface area contributed by atoms with Crippen molar-refractivity contribution >= 4 is 29.3 Å². The average molecular weight is 497 g/mol. The van der Waals surface area contributed by atoms with Crippen LogP contribution in [0.2, 0.25) is 0 Å². The predicted octanol–water partition coefficient (Wildman–Crippen LogP) is 2.44. The fourth-order valence-electron chi connectivity index (χ4n) is 3.22. The van der Waals surface area contributed by atoms with Crippen LogP contribution in [0.25, 0.3) is 0 Å². The Labute approximate surface area is 203 Å². The molecule has 0 fully saturated rings. The number of fused-ring (bicyclic) bond motifs is 1. The number of aromatic nitrogens is 3. The number of allylic oxidation sites excluding steroid dienone is 1. The normalized spacial score (nSPS) is 14.1. The summed E-state index contributed by atoms with van der Waals surface area (Å²) < 4.78 is 13.5. The number of nitro benzene ring substituents is 1. The maximum atomic E-state index is 12.3. The van der Waals surface area contributed by atoms with E-state index in [4.69, 9.17) is 9.47 Å². The lowest BCUT2D eigenvalue weighted by molar-refractivity contribution is -0.384. The van der Waals surface area contributed by atoms with E-state index in [9.17, 15) is 19.7 Å². The zero-order chi connectivity index (χ0) is 24.8.